The maximum absolute atomic E-state index is 12.4. The molecule has 5 nitrogen and oxygen atoms in total. The molecule has 1 heterocycles. The van der Waals surface area contributed by atoms with Gasteiger partial charge in [0.05, 0.1) is 11.5 Å². The van der Waals surface area contributed by atoms with E-state index in [1.54, 1.807) is 31.2 Å². The summed E-state index contributed by atoms with van der Waals surface area (Å²) in [6.45, 7) is 5.43. The van der Waals surface area contributed by atoms with E-state index in [0.29, 0.717) is 0 Å². The van der Waals surface area contributed by atoms with Gasteiger partial charge in [-0.3, -0.25) is 8.98 Å². The number of Topliss-reactive ketones (excluding diaryl/α,β-unsaturated/α-hetero) is 1. The monoisotopic (exact) mass is 437 g/mol. The number of benzene rings is 3. The van der Waals surface area contributed by atoms with Crippen LogP contribution in [0.5, 0.6) is 0 Å². The number of carbonyl (C=O) groups excluding carboxylic acids is 1. The zero-order valence-electron chi connectivity index (χ0n) is 17.9. The molecule has 0 aliphatic carbocycles. The lowest BCUT2D eigenvalue weighted by molar-refractivity contribution is 0.101. The first-order chi connectivity index (χ1) is 14.8. The van der Waals surface area contributed by atoms with E-state index in [1.165, 1.54) is 0 Å². The van der Waals surface area contributed by atoms with Gasteiger partial charge in [-0.15, -0.1) is 0 Å². The summed E-state index contributed by atoms with van der Waals surface area (Å²) in [5.74, 6) is 0.287. The van der Waals surface area contributed by atoms with Crippen molar-refractivity contribution in [3.63, 3.8) is 0 Å². The lowest BCUT2D eigenvalue weighted by atomic mass is 9.97. The van der Waals surface area contributed by atoms with E-state index in [2.05, 4.69) is 23.1 Å². The van der Waals surface area contributed by atoms with Crippen LogP contribution >= 0.6 is 0 Å². The van der Waals surface area contributed by atoms with Crippen molar-refractivity contribution in [2.75, 3.05) is 24.6 Å². The second-order valence-electron chi connectivity index (χ2n) is 8.28. The summed E-state index contributed by atoms with van der Waals surface area (Å²) in [4.78, 5) is 14.1. The highest BCUT2D eigenvalue weighted by Gasteiger charge is 2.23. The summed E-state index contributed by atoms with van der Waals surface area (Å²) in [5, 5.41) is 2.16. The Balaban J connectivity index is 1.35. The molecule has 0 radical (unpaired) electrons. The van der Waals surface area contributed by atoms with Gasteiger partial charge in [0.15, 0.2) is 5.78 Å². The lowest BCUT2D eigenvalue weighted by Crippen LogP contribution is -2.35. The standard InChI is InChI=1S/C25H27NO4S/c1-18-3-9-25(10-4-18)31(28,29)30-17-20-11-13-26(14-12-20)24-8-7-22-15-21(19(2)27)5-6-23(22)16-24/h3-10,15-16,20H,11-14,17H2,1-2H3. The van der Waals surface area contributed by atoms with Gasteiger partial charge in [-0.2, -0.15) is 8.42 Å². The lowest BCUT2D eigenvalue weighted by Gasteiger charge is -2.33. The molecule has 0 saturated carbocycles. The molecule has 0 N–H and O–H groups in total. The van der Waals surface area contributed by atoms with Crippen molar-refractivity contribution in [1.82, 2.24) is 0 Å². The number of carbonyl (C=O) groups is 1. The van der Waals surface area contributed by atoms with Crippen molar-refractivity contribution in [2.24, 2.45) is 5.92 Å². The van der Waals surface area contributed by atoms with Gasteiger partial charge in [0.2, 0.25) is 0 Å². The largest absolute Gasteiger partial charge is 0.371 e. The second-order valence-corrected chi connectivity index (χ2v) is 9.90. The molecule has 0 unspecified atom stereocenters. The van der Waals surface area contributed by atoms with Crippen LogP contribution in [0.4, 0.5) is 5.69 Å². The van der Waals surface area contributed by atoms with Crippen LogP contribution in [-0.2, 0) is 14.3 Å². The summed E-state index contributed by atoms with van der Waals surface area (Å²) < 4.78 is 30.2. The van der Waals surface area contributed by atoms with Crippen LogP contribution in [0.2, 0.25) is 0 Å². The zero-order valence-corrected chi connectivity index (χ0v) is 18.7. The molecule has 0 spiro atoms. The number of ketones is 1. The quantitative estimate of drug-likeness (QED) is 0.402. The fraction of sp³-hybridized carbons (Fsp3) is 0.320. The molecule has 162 valence electrons. The zero-order chi connectivity index (χ0) is 22.0. The topological polar surface area (TPSA) is 63.7 Å². The summed E-state index contributed by atoms with van der Waals surface area (Å²) in [7, 11) is -3.71. The van der Waals surface area contributed by atoms with Crippen molar-refractivity contribution >= 4 is 32.4 Å². The Morgan fingerprint density at radius 3 is 2.29 bits per heavy atom. The minimum Gasteiger partial charge on any atom is -0.371 e. The van der Waals surface area contributed by atoms with Gasteiger partial charge in [0.25, 0.3) is 10.1 Å². The Morgan fingerprint density at radius 2 is 1.61 bits per heavy atom. The maximum Gasteiger partial charge on any atom is 0.296 e. The van der Waals surface area contributed by atoms with Gasteiger partial charge in [0, 0.05) is 24.3 Å². The first-order valence-corrected chi connectivity index (χ1v) is 12.0. The smallest absolute Gasteiger partial charge is 0.296 e. The highest BCUT2D eigenvalue weighted by molar-refractivity contribution is 7.86. The van der Waals surface area contributed by atoms with E-state index >= 15 is 0 Å². The van der Waals surface area contributed by atoms with Gasteiger partial charge < -0.3 is 4.90 Å². The number of piperidine rings is 1. The molecule has 4 rings (SSSR count). The summed E-state index contributed by atoms with van der Waals surface area (Å²) >= 11 is 0. The third-order valence-corrected chi connectivity index (χ3v) is 7.27. The first kappa shape index (κ1) is 21.5. The summed E-state index contributed by atoms with van der Waals surface area (Å²) in [6, 6.07) is 18.8. The number of nitrogens with zero attached hydrogens (tertiary/aromatic N) is 1. The fourth-order valence-corrected chi connectivity index (χ4v) is 4.94. The Kier molecular flexibility index (Phi) is 6.12. The number of rotatable bonds is 6. The molecule has 3 aromatic carbocycles. The van der Waals surface area contributed by atoms with E-state index < -0.39 is 10.1 Å². The van der Waals surface area contributed by atoms with Crippen LogP contribution in [0.1, 0.15) is 35.7 Å². The molecule has 0 bridgehead atoms. The van der Waals surface area contributed by atoms with Crippen LogP contribution in [0.25, 0.3) is 10.8 Å². The third-order valence-electron chi connectivity index (χ3n) is 5.98. The Morgan fingerprint density at radius 1 is 0.968 bits per heavy atom. The van der Waals surface area contributed by atoms with Gasteiger partial charge in [-0.25, -0.2) is 0 Å². The van der Waals surface area contributed by atoms with Gasteiger partial charge in [-0.1, -0.05) is 35.9 Å². The van der Waals surface area contributed by atoms with Gasteiger partial charge in [-0.05, 0) is 73.7 Å². The second kappa shape index (κ2) is 8.81. The van der Waals surface area contributed by atoms with E-state index in [1.807, 2.05) is 25.1 Å². The van der Waals surface area contributed by atoms with E-state index in [0.717, 1.165) is 53.5 Å². The molecule has 0 amide bonds. The number of hydrogen-bond acceptors (Lipinski definition) is 5. The normalized spacial score (nSPS) is 15.4. The molecule has 0 atom stereocenters. The Bertz CT molecular complexity index is 1190. The minimum atomic E-state index is -3.71. The van der Waals surface area contributed by atoms with E-state index in [9.17, 15) is 13.2 Å². The molecule has 1 saturated heterocycles. The van der Waals surface area contributed by atoms with Crippen LogP contribution in [0.15, 0.2) is 65.6 Å². The first-order valence-electron chi connectivity index (χ1n) is 10.6. The van der Waals surface area contributed by atoms with Crippen LogP contribution in [0.3, 0.4) is 0 Å². The predicted octanol–water partition coefficient (Wildman–Crippen LogP) is 4.97. The Hall–Kier alpha value is -2.70. The molecular formula is C25H27NO4S. The molecule has 6 heteroatoms. The molecule has 1 aliphatic rings. The maximum atomic E-state index is 12.4. The SMILES string of the molecule is CC(=O)c1ccc2cc(N3CCC(COS(=O)(=O)c4ccc(C)cc4)CC3)ccc2c1. The van der Waals surface area contributed by atoms with Crippen molar-refractivity contribution < 1.29 is 17.4 Å². The van der Waals surface area contributed by atoms with Gasteiger partial charge >= 0.3 is 0 Å². The summed E-state index contributed by atoms with van der Waals surface area (Å²) in [5.41, 5.74) is 2.88. The molecule has 1 aliphatic heterocycles. The van der Waals surface area contributed by atoms with Crippen molar-refractivity contribution in [3.8, 4) is 0 Å². The number of hydrogen-bond donors (Lipinski definition) is 0. The average Bonchev–Trinajstić information content (AvgIpc) is 2.77. The Labute approximate surface area is 183 Å². The number of anilines is 1. The molecule has 1 fully saturated rings. The van der Waals surface area contributed by atoms with Crippen molar-refractivity contribution in [2.45, 2.75) is 31.6 Å². The van der Waals surface area contributed by atoms with Crippen molar-refractivity contribution in [3.05, 3.63) is 71.8 Å². The van der Waals surface area contributed by atoms with Gasteiger partial charge in [0.1, 0.15) is 0 Å². The predicted molar refractivity (Wildman–Crippen MR) is 123 cm³/mol. The summed E-state index contributed by atoms with van der Waals surface area (Å²) in [6.07, 6.45) is 1.76. The van der Waals surface area contributed by atoms with Crippen LogP contribution < -0.4 is 4.90 Å². The molecular weight excluding hydrogens is 410 g/mol. The fourth-order valence-electron chi connectivity index (χ4n) is 3.97. The highest BCUT2D eigenvalue weighted by atomic mass is 32.2. The highest BCUT2D eigenvalue weighted by Crippen LogP contribution is 2.28. The number of fused-ring (bicyclic) bond motifs is 1. The molecule has 31 heavy (non-hydrogen) atoms. The van der Waals surface area contributed by atoms with Crippen LogP contribution in [-0.4, -0.2) is 33.9 Å². The van der Waals surface area contributed by atoms with Crippen LogP contribution in [0, 0.1) is 12.8 Å². The van der Waals surface area contributed by atoms with Crippen molar-refractivity contribution in [1.29, 1.82) is 0 Å². The minimum absolute atomic E-state index is 0.0691. The molecule has 0 aromatic heterocycles. The average molecular weight is 438 g/mol. The molecule has 3 aromatic rings. The van der Waals surface area contributed by atoms with E-state index in [4.69, 9.17) is 4.18 Å². The van der Waals surface area contributed by atoms with E-state index in [-0.39, 0.29) is 23.2 Å². The number of aryl methyl sites for hydroxylation is 1. The third kappa shape index (κ3) is 4.97.